The van der Waals surface area contributed by atoms with Gasteiger partial charge in [0.25, 0.3) is 5.69 Å². The quantitative estimate of drug-likeness (QED) is 0.508. The van der Waals surface area contributed by atoms with E-state index in [1.54, 1.807) is 29.2 Å². The zero-order valence-corrected chi connectivity index (χ0v) is 17.1. The van der Waals surface area contributed by atoms with E-state index >= 15 is 0 Å². The molecule has 0 spiro atoms. The van der Waals surface area contributed by atoms with Crippen molar-refractivity contribution in [3.8, 4) is 11.4 Å². The Morgan fingerprint density at radius 2 is 1.97 bits per heavy atom. The van der Waals surface area contributed by atoms with Gasteiger partial charge in [-0.3, -0.25) is 19.9 Å². The van der Waals surface area contributed by atoms with Crippen molar-refractivity contribution in [1.29, 1.82) is 0 Å². The Kier molecular flexibility index (Phi) is 4.21. The molecule has 0 amide bonds. The summed E-state index contributed by atoms with van der Waals surface area (Å²) in [6.45, 7) is 4.13. The first-order chi connectivity index (χ1) is 14.8. The Morgan fingerprint density at radius 1 is 1.19 bits per heavy atom. The fraction of sp³-hybridized carbons (Fsp3) is 0.273. The predicted molar refractivity (Wildman–Crippen MR) is 113 cm³/mol. The highest BCUT2D eigenvalue weighted by Gasteiger charge is 2.42. The molecule has 31 heavy (non-hydrogen) atoms. The van der Waals surface area contributed by atoms with E-state index in [9.17, 15) is 14.9 Å². The lowest BCUT2D eigenvalue weighted by Crippen LogP contribution is -2.36. The van der Waals surface area contributed by atoms with Gasteiger partial charge < -0.3 is 5.32 Å². The number of nitro benzene ring substituents is 1. The molecule has 0 radical (unpaired) electrons. The summed E-state index contributed by atoms with van der Waals surface area (Å²) < 4.78 is 1.69. The van der Waals surface area contributed by atoms with Crippen LogP contribution >= 0.6 is 0 Å². The van der Waals surface area contributed by atoms with Crippen LogP contribution in [-0.4, -0.2) is 30.5 Å². The van der Waals surface area contributed by atoms with Gasteiger partial charge in [-0.15, -0.1) is 5.10 Å². The van der Waals surface area contributed by atoms with Crippen molar-refractivity contribution in [2.75, 3.05) is 5.32 Å². The molecular weight excluding hydrogens is 396 g/mol. The van der Waals surface area contributed by atoms with E-state index in [0.717, 1.165) is 16.8 Å². The number of allylic oxidation sites excluding steroid dienone is 2. The van der Waals surface area contributed by atoms with E-state index < -0.39 is 11.0 Å². The molecule has 9 nitrogen and oxygen atoms in total. The van der Waals surface area contributed by atoms with Crippen LogP contribution in [0.3, 0.4) is 0 Å². The highest BCUT2D eigenvalue weighted by atomic mass is 16.6. The lowest BCUT2D eigenvalue weighted by molar-refractivity contribution is -0.384. The van der Waals surface area contributed by atoms with Gasteiger partial charge in [0.1, 0.15) is 6.04 Å². The maximum Gasteiger partial charge on any atom is 0.269 e. The van der Waals surface area contributed by atoms with Crippen LogP contribution in [0.4, 0.5) is 11.6 Å². The second-order valence-corrected chi connectivity index (χ2v) is 8.65. The van der Waals surface area contributed by atoms with Crippen LogP contribution in [0.2, 0.25) is 0 Å². The van der Waals surface area contributed by atoms with Gasteiger partial charge in [0.05, 0.1) is 4.92 Å². The van der Waals surface area contributed by atoms with E-state index in [4.69, 9.17) is 0 Å². The van der Waals surface area contributed by atoms with Crippen molar-refractivity contribution in [1.82, 2.24) is 19.7 Å². The number of nitrogens with one attached hydrogen (secondary N) is 1. The molecule has 1 atom stereocenters. The molecule has 1 aliphatic heterocycles. The molecule has 1 N–H and O–H groups in total. The summed E-state index contributed by atoms with van der Waals surface area (Å²) in [7, 11) is 0. The molecule has 0 bridgehead atoms. The summed E-state index contributed by atoms with van der Waals surface area (Å²) in [5.41, 5.74) is 2.82. The average molecular weight is 416 g/mol. The summed E-state index contributed by atoms with van der Waals surface area (Å²) in [5.74, 6) is 1.08. The lowest BCUT2D eigenvalue weighted by atomic mass is 9.73. The lowest BCUT2D eigenvalue weighted by Gasteiger charge is -2.38. The summed E-state index contributed by atoms with van der Waals surface area (Å²) in [6, 6.07) is 9.44. The molecular formula is C22H20N6O3. The number of nitro groups is 1. The number of aromatic nitrogens is 4. The third-order valence-electron chi connectivity index (χ3n) is 5.67. The van der Waals surface area contributed by atoms with Crippen molar-refractivity contribution >= 4 is 17.4 Å². The number of anilines is 1. The molecule has 5 rings (SSSR count). The SMILES string of the molecule is CC1(C)CC(=O)C2=C(C1)Nc1nc(-c3cccnc3)nn1C2c1ccc([N+](=O)[O-])cc1. The molecule has 2 aliphatic rings. The summed E-state index contributed by atoms with van der Waals surface area (Å²) in [5, 5.41) is 19.1. The maximum atomic E-state index is 13.2. The van der Waals surface area contributed by atoms with Crippen molar-refractivity contribution in [2.45, 2.75) is 32.7 Å². The van der Waals surface area contributed by atoms with E-state index in [1.807, 2.05) is 12.1 Å². The molecule has 3 aromatic rings. The minimum atomic E-state index is -0.506. The number of ketones is 1. The van der Waals surface area contributed by atoms with Crippen molar-refractivity contribution in [3.63, 3.8) is 0 Å². The molecule has 1 aliphatic carbocycles. The van der Waals surface area contributed by atoms with Crippen LogP contribution in [0.1, 0.15) is 38.3 Å². The van der Waals surface area contributed by atoms with E-state index in [1.165, 1.54) is 12.1 Å². The van der Waals surface area contributed by atoms with Crippen molar-refractivity contribution in [3.05, 3.63) is 75.7 Å². The van der Waals surface area contributed by atoms with E-state index in [-0.39, 0.29) is 16.9 Å². The van der Waals surface area contributed by atoms with Crippen molar-refractivity contribution in [2.24, 2.45) is 5.41 Å². The Balaban J connectivity index is 1.67. The molecule has 0 saturated heterocycles. The second kappa shape index (κ2) is 6.83. The minimum Gasteiger partial charge on any atom is -0.328 e. The molecule has 3 heterocycles. The highest BCUT2D eigenvalue weighted by Crippen LogP contribution is 2.45. The largest absolute Gasteiger partial charge is 0.328 e. The van der Waals surface area contributed by atoms with Crippen LogP contribution in [0.5, 0.6) is 0 Å². The average Bonchev–Trinajstić information content (AvgIpc) is 3.16. The van der Waals surface area contributed by atoms with Gasteiger partial charge in [0.2, 0.25) is 5.95 Å². The predicted octanol–water partition coefficient (Wildman–Crippen LogP) is 3.91. The van der Waals surface area contributed by atoms with Gasteiger partial charge >= 0.3 is 0 Å². The zero-order valence-electron chi connectivity index (χ0n) is 17.1. The fourth-order valence-electron chi connectivity index (χ4n) is 4.31. The summed E-state index contributed by atoms with van der Waals surface area (Å²) in [4.78, 5) is 32.7. The molecule has 0 saturated carbocycles. The van der Waals surface area contributed by atoms with Crippen LogP contribution < -0.4 is 5.32 Å². The first-order valence-corrected chi connectivity index (χ1v) is 9.97. The topological polar surface area (TPSA) is 116 Å². The van der Waals surface area contributed by atoms with Gasteiger partial charge in [0.15, 0.2) is 11.6 Å². The van der Waals surface area contributed by atoms with Gasteiger partial charge in [0, 0.05) is 47.8 Å². The maximum absolute atomic E-state index is 13.2. The first-order valence-electron chi connectivity index (χ1n) is 9.97. The number of carbonyl (C=O) groups is 1. The number of fused-ring (bicyclic) bond motifs is 1. The Hall–Kier alpha value is -3.88. The number of benzene rings is 1. The van der Waals surface area contributed by atoms with Gasteiger partial charge in [-0.05, 0) is 41.7 Å². The highest BCUT2D eigenvalue weighted by molar-refractivity contribution is 6.00. The van der Waals surface area contributed by atoms with Crippen LogP contribution in [0.25, 0.3) is 11.4 Å². The smallest absolute Gasteiger partial charge is 0.269 e. The number of carbonyl (C=O) groups excluding carboxylic acids is 1. The minimum absolute atomic E-state index is 0.00199. The number of hydrogen-bond acceptors (Lipinski definition) is 7. The number of hydrogen-bond donors (Lipinski definition) is 1. The summed E-state index contributed by atoms with van der Waals surface area (Å²) in [6.07, 6.45) is 4.49. The Labute approximate surface area is 178 Å². The van der Waals surface area contributed by atoms with Gasteiger partial charge in [-0.25, -0.2) is 4.68 Å². The molecule has 9 heteroatoms. The molecule has 2 aromatic heterocycles. The molecule has 0 fully saturated rings. The normalized spacial score (nSPS) is 19.4. The number of rotatable bonds is 3. The standard InChI is InChI=1S/C22H20N6O3/c1-22(2)10-16-18(17(29)11-22)19(13-5-7-15(8-6-13)28(30)31)27-21(24-16)25-20(26-27)14-4-3-9-23-12-14/h3-9,12,19H,10-11H2,1-2H3,(H,24,25,26). The summed E-state index contributed by atoms with van der Waals surface area (Å²) >= 11 is 0. The van der Waals surface area contributed by atoms with E-state index in [2.05, 4.69) is 34.2 Å². The molecule has 1 unspecified atom stereocenters. The zero-order chi connectivity index (χ0) is 21.8. The number of Topliss-reactive ketones (excluding diaryl/α,β-unsaturated/α-hetero) is 1. The molecule has 1 aromatic carbocycles. The van der Waals surface area contributed by atoms with Crippen LogP contribution in [0, 0.1) is 15.5 Å². The molecule has 156 valence electrons. The third-order valence-corrected chi connectivity index (χ3v) is 5.67. The Bertz CT molecular complexity index is 1230. The fourth-order valence-corrected chi connectivity index (χ4v) is 4.31. The number of nitrogens with zero attached hydrogens (tertiary/aromatic N) is 5. The number of pyridine rings is 1. The van der Waals surface area contributed by atoms with Gasteiger partial charge in [-0.1, -0.05) is 13.8 Å². The third kappa shape index (κ3) is 3.27. The Morgan fingerprint density at radius 3 is 2.65 bits per heavy atom. The van der Waals surface area contributed by atoms with Crippen LogP contribution in [-0.2, 0) is 4.79 Å². The van der Waals surface area contributed by atoms with Crippen molar-refractivity contribution < 1.29 is 9.72 Å². The van der Waals surface area contributed by atoms with Crippen LogP contribution in [0.15, 0.2) is 60.1 Å². The van der Waals surface area contributed by atoms with E-state index in [0.29, 0.717) is 30.2 Å². The monoisotopic (exact) mass is 416 g/mol. The second-order valence-electron chi connectivity index (χ2n) is 8.65. The first kappa shape index (κ1) is 19.1. The van der Waals surface area contributed by atoms with Gasteiger partial charge in [-0.2, -0.15) is 4.98 Å². The number of non-ortho nitro benzene ring substituents is 1.